The van der Waals surface area contributed by atoms with E-state index in [-0.39, 0.29) is 5.57 Å². The molecule has 0 spiro atoms. The van der Waals surface area contributed by atoms with E-state index >= 15 is 0 Å². The van der Waals surface area contributed by atoms with Crippen molar-refractivity contribution in [1.82, 2.24) is 4.98 Å². The minimum atomic E-state index is -0.974. The van der Waals surface area contributed by atoms with Crippen LogP contribution in [-0.2, 0) is 11.4 Å². The van der Waals surface area contributed by atoms with Crippen LogP contribution in [0.3, 0.4) is 0 Å². The van der Waals surface area contributed by atoms with E-state index in [2.05, 4.69) is 4.98 Å². The maximum Gasteiger partial charge on any atom is 0.331 e. The summed E-state index contributed by atoms with van der Waals surface area (Å²) >= 11 is 6.35. The highest BCUT2D eigenvalue weighted by molar-refractivity contribution is 6.32. The maximum absolute atomic E-state index is 11.0. The summed E-state index contributed by atoms with van der Waals surface area (Å²) in [6.07, 6.45) is 3.16. The predicted molar refractivity (Wildman–Crippen MR) is 117 cm³/mol. The summed E-state index contributed by atoms with van der Waals surface area (Å²) in [4.78, 5) is 15.3. The van der Waals surface area contributed by atoms with Gasteiger partial charge in [0.2, 0.25) is 5.88 Å². The number of carboxylic acids is 1. The van der Waals surface area contributed by atoms with Crippen LogP contribution in [0.25, 0.3) is 6.08 Å². The molecule has 0 unspecified atom stereocenters. The first kappa shape index (κ1) is 21.4. The van der Waals surface area contributed by atoms with Crippen LogP contribution >= 0.6 is 11.6 Å². The topological polar surface area (TPSA) is 68.7 Å². The van der Waals surface area contributed by atoms with E-state index in [9.17, 15) is 4.79 Å². The van der Waals surface area contributed by atoms with Gasteiger partial charge in [-0.05, 0) is 61.7 Å². The molecule has 3 rings (SSSR count). The van der Waals surface area contributed by atoms with Crippen molar-refractivity contribution in [3.63, 3.8) is 0 Å². The molecule has 3 aromatic rings. The molecule has 154 valence electrons. The Hall–Kier alpha value is -3.31. The summed E-state index contributed by atoms with van der Waals surface area (Å²) in [7, 11) is 0. The van der Waals surface area contributed by atoms with Gasteiger partial charge < -0.3 is 14.6 Å². The average Bonchev–Trinajstić information content (AvgIpc) is 2.71. The van der Waals surface area contributed by atoms with E-state index in [1.807, 2.05) is 44.2 Å². The molecule has 0 amide bonds. The number of aliphatic carboxylic acids is 1. The SMILES string of the molecule is C/C(=C\c1cc(C)c(Oc2ccc(OCc3ccc(C)cc3)cn2)c(Cl)c1)C(=O)O. The van der Waals surface area contributed by atoms with Crippen molar-refractivity contribution in [3.05, 3.63) is 87.6 Å². The Kier molecular flexibility index (Phi) is 6.75. The molecule has 1 N–H and O–H groups in total. The molecule has 30 heavy (non-hydrogen) atoms. The summed E-state index contributed by atoms with van der Waals surface area (Å²) < 4.78 is 11.6. The number of hydrogen-bond acceptors (Lipinski definition) is 4. The van der Waals surface area contributed by atoms with Crippen molar-refractivity contribution in [3.8, 4) is 17.4 Å². The quantitative estimate of drug-likeness (QED) is 0.457. The predicted octanol–water partition coefficient (Wildman–Crippen LogP) is 6.21. The summed E-state index contributed by atoms with van der Waals surface area (Å²) in [5.74, 6) is 0.517. The van der Waals surface area contributed by atoms with Crippen LogP contribution in [0.1, 0.15) is 29.2 Å². The third-order valence-corrected chi connectivity index (χ3v) is 4.69. The van der Waals surface area contributed by atoms with Gasteiger partial charge in [0.05, 0.1) is 11.2 Å². The highest BCUT2D eigenvalue weighted by Gasteiger charge is 2.11. The van der Waals surface area contributed by atoms with Gasteiger partial charge in [-0.1, -0.05) is 41.4 Å². The molecule has 2 aromatic carbocycles. The van der Waals surface area contributed by atoms with E-state index in [0.29, 0.717) is 34.6 Å². The highest BCUT2D eigenvalue weighted by Crippen LogP contribution is 2.34. The van der Waals surface area contributed by atoms with E-state index in [1.165, 1.54) is 12.5 Å². The number of benzene rings is 2. The lowest BCUT2D eigenvalue weighted by molar-refractivity contribution is -0.132. The summed E-state index contributed by atoms with van der Waals surface area (Å²) in [5.41, 5.74) is 3.97. The largest absolute Gasteiger partial charge is 0.487 e. The third kappa shape index (κ3) is 5.61. The van der Waals surface area contributed by atoms with Gasteiger partial charge in [-0.25, -0.2) is 9.78 Å². The van der Waals surface area contributed by atoms with Crippen molar-refractivity contribution in [1.29, 1.82) is 0 Å². The van der Waals surface area contributed by atoms with Gasteiger partial charge in [-0.15, -0.1) is 0 Å². The fourth-order valence-corrected chi connectivity index (χ4v) is 3.06. The van der Waals surface area contributed by atoms with E-state index in [4.69, 9.17) is 26.2 Å². The van der Waals surface area contributed by atoms with Gasteiger partial charge in [0, 0.05) is 11.6 Å². The van der Waals surface area contributed by atoms with Crippen LogP contribution in [0.5, 0.6) is 17.4 Å². The van der Waals surface area contributed by atoms with Crippen LogP contribution in [0.2, 0.25) is 5.02 Å². The molecule has 6 heteroatoms. The number of carbonyl (C=O) groups is 1. The monoisotopic (exact) mass is 423 g/mol. The fourth-order valence-electron chi connectivity index (χ4n) is 2.75. The van der Waals surface area contributed by atoms with E-state index in [0.717, 1.165) is 11.1 Å². The number of ether oxygens (including phenoxy) is 2. The molecule has 1 aromatic heterocycles. The minimum Gasteiger partial charge on any atom is -0.487 e. The number of aryl methyl sites for hydroxylation is 2. The van der Waals surface area contributed by atoms with Crippen molar-refractivity contribution >= 4 is 23.6 Å². The zero-order valence-corrected chi connectivity index (χ0v) is 17.7. The Morgan fingerprint density at radius 3 is 2.47 bits per heavy atom. The molecule has 0 bridgehead atoms. The molecular weight excluding hydrogens is 402 g/mol. The second-order valence-electron chi connectivity index (χ2n) is 6.99. The second kappa shape index (κ2) is 9.46. The average molecular weight is 424 g/mol. The molecule has 0 aliphatic carbocycles. The molecule has 0 saturated heterocycles. The lowest BCUT2D eigenvalue weighted by Crippen LogP contribution is -1.97. The first-order valence-electron chi connectivity index (χ1n) is 9.36. The molecular formula is C24H22ClNO4. The first-order chi connectivity index (χ1) is 14.3. The Morgan fingerprint density at radius 1 is 1.13 bits per heavy atom. The van der Waals surface area contributed by atoms with Gasteiger partial charge in [-0.2, -0.15) is 0 Å². The highest BCUT2D eigenvalue weighted by atomic mass is 35.5. The zero-order chi connectivity index (χ0) is 21.7. The lowest BCUT2D eigenvalue weighted by Gasteiger charge is -2.12. The van der Waals surface area contributed by atoms with Gasteiger partial charge in [0.15, 0.2) is 5.75 Å². The maximum atomic E-state index is 11.0. The molecule has 1 heterocycles. The molecule has 0 saturated carbocycles. The molecule has 0 atom stereocenters. The van der Waals surface area contributed by atoms with Crippen molar-refractivity contribution < 1.29 is 19.4 Å². The van der Waals surface area contributed by atoms with Crippen molar-refractivity contribution in [2.75, 3.05) is 0 Å². The van der Waals surface area contributed by atoms with Crippen molar-refractivity contribution in [2.45, 2.75) is 27.4 Å². The number of hydrogen-bond donors (Lipinski definition) is 1. The summed E-state index contributed by atoms with van der Waals surface area (Å²) in [6, 6.07) is 15.1. The molecule has 5 nitrogen and oxygen atoms in total. The summed E-state index contributed by atoms with van der Waals surface area (Å²) in [6.45, 7) is 5.87. The standard InChI is InChI=1S/C24H22ClNO4/c1-15-4-6-18(7-5-15)14-29-20-8-9-22(26-13-20)30-23-16(2)10-19(12-21(23)25)11-17(3)24(27)28/h4-13H,14H2,1-3H3,(H,27,28)/b17-11+. The van der Waals surface area contributed by atoms with E-state index < -0.39 is 5.97 Å². The van der Waals surface area contributed by atoms with Crippen LogP contribution in [-0.4, -0.2) is 16.1 Å². The third-order valence-electron chi connectivity index (χ3n) is 4.41. The minimum absolute atomic E-state index is 0.224. The second-order valence-corrected chi connectivity index (χ2v) is 7.40. The van der Waals surface area contributed by atoms with Crippen LogP contribution in [0, 0.1) is 13.8 Å². The van der Waals surface area contributed by atoms with Crippen LogP contribution in [0.15, 0.2) is 60.3 Å². The summed E-state index contributed by atoms with van der Waals surface area (Å²) in [5, 5.41) is 9.40. The smallest absolute Gasteiger partial charge is 0.331 e. The number of nitrogens with zero attached hydrogens (tertiary/aromatic N) is 1. The van der Waals surface area contributed by atoms with Gasteiger partial charge in [0.25, 0.3) is 0 Å². The number of rotatable bonds is 7. The molecule has 0 fully saturated rings. The Labute approximate surface area is 180 Å². The number of halogens is 1. The Morgan fingerprint density at radius 2 is 1.87 bits per heavy atom. The first-order valence-corrected chi connectivity index (χ1v) is 9.73. The Bertz CT molecular complexity index is 1050. The number of aromatic nitrogens is 1. The Balaban J connectivity index is 1.68. The van der Waals surface area contributed by atoms with E-state index in [1.54, 1.807) is 30.5 Å². The zero-order valence-electron chi connectivity index (χ0n) is 17.0. The fraction of sp³-hybridized carbons (Fsp3) is 0.167. The van der Waals surface area contributed by atoms with Gasteiger partial charge in [0.1, 0.15) is 12.4 Å². The van der Waals surface area contributed by atoms with Crippen molar-refractivity contribution in [2.24, 2.45) is 0 Å². The number of carboxylic acid groups (broad SMARTS) is 1. The lowest BCUT2D eigenvalue weighted by atomic mass is 10.1. The van der Waals surface area contributed by atoms with Crippen LogP contribution in [0.4, 0.5) is 0 Å². The van der Waals surface area contributed by atoms with Gasteiger partial charge in [-0.3, -0.25) is 0 Å². The normalized spacial score (nSPS) is 11.3. The van der Waals surface area contributed by atoms with Crippen LogP contribution < -0.4 is 9.47 Å². The molecule has 0 aliphatic heterocycles. The number of pyridine rings is 1. The van der Waals surface area contributed by atoms with Gasteiger partial charge >= 0.3 is 5.97 Å². The molecule has 0 aliphatic rings. The molecule has 0 radical (unpaired) electrons.